The molecule has 0 saturated carbocycles. The van der Waals surface area contributed by atoms with Crippen molar-refractivity contribution in [2.75, 3.05) is 0 Å². The zero-order valence-corrected chi connectivity index (χ0v) is 11.7. The molecule has 2 aromatic rings. The molecule has 0 unspecified atom stereocenters. The Bertz CT molecular complexity index is 736. The highest BCUT2D eigenvalue weighted by atomic mass is 16.4. The number of aryl methyl sites for hydroxylation is 1. The molecule has 0 aliphatic rings. The lowest BCUT2D eigenvalue weighted by atomic mass is 10.0. The van der Waals surface area contributed by atoms with E-state index >= 15 is 0 Å². The first kappa shape index (κ1) is 15.3. The summed E-state index contributed by atoms with van der Waals surface area (Å²) in [5.74, 6) is 4.89. The number of hydrogen-bond donors (Lipinski definition) is 4. The highest BCUT2D eigenvalue weighted by Crippen LogP contribution is 2.26. The molecule has 2 amide bonds. The number of nitrogens with zero attached hydrogens (tertiary/aromatic N) is 1. The number of rotatable bonds is 4. The lowest BCUT2D eigenvalue weighted by Gasteiger charge is -2.03. The van der Waals surface area contributed by atoms with Gasteiger partial charge in [-0.15, -0.1) is 0 Å². The number of hydrogen-bond acceptors (Lipinski definition) is 5. The smallest absolute Gasteiger partial charge is 0.349 e. The lowest BCUT2D eigenvalue weighted by Crippen LogP contribution is -2.37. The van der Waals surface area contributed by atoms with Crippen LogP contribution in [0.3, 0.4) is 0 Å². The van der Waals surface area contributed by atoms with Gasteiger partial charge in [-0.3, -0.25) is 5.43 Å². The summed E-state index contributed by atoms with van der Waals surface area (Å²) in [4.78, 5) is 21.7. The monoisotopic (exact) mass is 302 g/mol. The molecule has 1 aromatic heterocycles. The average Bonchev–Trinajstić information content (AvgIpc) is 2.95. The van der Waals surface area contributed by atoms with Gasteiger partial charge in [0.15, 0.2) is 0 Å². The molecule has 0 atom stereocenters. The van der Waals surface area contributed by atoms with Crippen LogP contribution in [0.15, 0.2) is 39.9 Å². The van der Waals surface area contributed by atoms with E-state index in [2.05, 4.69) is 10.5 Å². The SMILES string of the molecule is Cc1cc(C(=O)O)ccc1-c1ccc(C=NNC(=O)NN)o1. The topological polar surface area (TPSA) is 130 Å². The Labute approximate surface area is 125 Å². The predicted molar refractivity (Wildman–Crippen MR) is 79.3 cm³/mol. The summed E-state index contributed by atoms with van der Waals surface area (Å²) < 4.78 is 5.57. The first-order valence-corrected chi connectivity index (χ1v) is 6.25. The van der Waals surface area contributed by atoms with Crippen molar-refractivity contribution in [2.45, 2.75) is 6.92 Å². The molecular weight excluding hydrogens is 288 g/mol. The number of hydrazone groups is 1. The number of carboxylic acid groups (broad SMARTS) is 1. The van der Waals surface area contributed by atoms with E-state index in [0.717, 1.165) is 11.1 Å². The van der Waals surface area contributed by atoms with Gasteiger partial charge in [0.2, 0.25) is 0 Å². The van der Waals surface area contributed by atoms with E-state index < -0.39 is 12.0 Å². The first-order chi connectivity index (χ1) is 10.5. The molecule has 22 heavy (non-hydrogen) atoms. The zero-order valence-electron chi connectivity index (χ0n) is 11.7. The highest BCUT2D eigenvalue weighted by molar-refractivity contribution is 5.89. The zero-order chi connectivity index (χ0) is 16.1. The third kappa shape index (κ3) is 3.49. The maximum absolute atomic E-state index is 10.9. The van der Waals surface area contributed by atoms with E-state index in [-0.39, 0.29) is 5.56 Å². The molecule has 8 nitrogen and oxygen atoms in total. The van der Waals surface area contributed by atoms with E-state index in [9.17, 15) is 9.59 Å². The molecule has 114 valence electrons. The van der Waals surface area contributed by atoms with Crippen molar-refractivity contribution in [3.8, 4) is 11.3 Å². The van der Waals surface area contributed by atoms with Gasteiger partial charge >= 0.3 is 12.0 Å². The Hall–Kier alpha value is -3.13. The normalized spacial score (nSPS) is 10.6. The maximum atomic E-state index is 10.9. The molecule has 0 radical (unpaired) electrons. The molecule has 0 fully saturated rings. The van der Waals surface area contributed by atoms with Gasteiger partial charge in [-0.2, -0.15) is 5.10 Å². The van der Waals surface area contributed by atoms with Gasteiger partial charge in [0.1, 0.15) is 11.5 Å². The molecule has 1 heterocycles. The number of aromatic carboxylic acids is 1. The van der Waals surface area contributed by atoms with E-state index in [4.69, 9.17) is 15.4 Å². The number of carboxylic acids is 1. The van der Waals surface area contributed by atoms with Crippen LogP contribution in [-0.4, -0.2) is 23.3 Å². The number of nitrogens with one attached hydrogen (secondary N) is 2. The third-order valence-corrected chi connectivity index (χ3v) is 2.85. The summed E-state index contributed by atoms with van der Waals surface area (Å²) in [6, 6.07) is 7.51. The number of carbonyl (C=O) groups excluding carboxylic acids is 1. The van der Waals surface area contributed by atoms with Gasteiger partial charge in [-0.05, 0) is 36.8 Å². The summed E-state index contributed by atoms with van der Waals surface area (Å²) in [6.07, 6.45) is 1.32. The number of furan rings is 1. The van der Waals surface area contributed by atoms with Gasteiger partial charge in [0.05, 0.1) is 11.8 Å². The Kier molecular flexibility index (Phi) is 4.54. The summed E-state index contributed by atoms with van der Waals surface area (Å²) in [5.41, 5.74) is 5.76. The first-order valence-electron chi connectivity index (χ1n) is 6.25. The summed E-state index contributed by atoms with van der Waals surface area (Å²) in [5, 5.41) is 12.6. The van der Waals surface area contributed by atoms with Crippen molar-refractivity contribution in [3.05, 3.63) is 47.2 Å². The van der Waals surface area contributed by atoms with E-state index in [0.29, 0.717) is 11.5 Å². The molecule has 0 saturated heterocycles. The Balaban J connectivity index is 2.18. The minimum absolute atomic E-state index is 0.214. The minimum Gasteiger partial charge on any atom is -0.478 e. The van der Waals surface area contributed by atoms with Crippen molar-refractivity contribution >= 4 is 18.2 Å². The number of hydrazine groups is 1. The molecule has 0 spiro atoms. The molecule has 5 N–H and O–H groups in total. The van der Waals surface area contributed by atoms with E-state index in [1.807, 2.05) is 5.43 Å². The number of benzene rings is 1. The van der Waals surface area contributed by atoms with Crippen LogP contribution < -0.4 is 16.7 Å². The average molecular weight is 302 g/mol. The second-order valence-electron chi connectivity index (χ2n) is 4.38. The summed E-state index contributed by atoms with van der Waals surface area (Å²) >= 11 is 0. The van der Waals surface area contributed by atoms with Crippen LogP contribution in [0.4, 0.5) is 4.79 Å². The van der Waals surface area contributed by atoms with Gasteiger partial charge < -0.3 is 9.52 Å². The fourth-order valence-corrected chi connectivity index (χ4v) is 1.83. The van der Waals surface area contributed by atoms with Crippen molar-refractivity contribution in [3.63, 3.8) is 0 Å². The van der Waals surface area contributed by atoms with Gasteiger partial charge in [0, 0.05) is 5.56 Å². The van der Waals surface area contributed by atoms with Crippen LogP contribution in [0.25, 0.3) is 11.3 Å². The molecule has 2 rings (SSSR count). The summed E-state index contributed by atoms with van der Waals surface area (Å²) in [6.45, 7) is 1.80. The third-order valence-electron chi connectivity index (χ3n) is 2.85. The second kappa shape index (κ2) is 6.55. The number of carbonyl (C=O) groups is 2. The van der Waals surface area contributed by atoms with Crippen molar-refractivity contribution < 1.29 is 19.1 Å². The Morgan fingerprint density at radius 1 is 1.32 bits per heavy atom. The van der Waals surface area contributed by atoms with Crippen LogP contribution in [0.2, 0.25) is 0 Å². The quantitative estimate of drug-likeness (QED) is 0.294. The van der Waals surface area contributed by atoms with Crippen LogP contribution >= 0.6 is 0 Å². The predicted octanol–water partition coefficient (Wildman–Crippen LogP) is 1.46. The van der Waals surface area contributed by atoms with Crippen molar-refractivity contribution in [1.82, 2.24) is 10.9 Å². The molecule has 0 bridgehead atoms. The lowest BCUT2D eigenvalue weighted by molar-refractivity contribution is 0.0696. The molecule has 0 aliphatic carbocycles. The van der Waals surface area contributed by atoms with Gasteiger partial charge in [-0.1, -0.05) is 6.07 Å². The number of nitrogens with two attached hydrogens (primary N) is 1. The van der Waals surface area contributed by atoms with Crippen molar-refractivity contribution in [2.24, 2.45) is 10.9 Å². The van der Waals surface area contributed by atoms with E-state index in [1.165, 1.54) is 12.3 Å². The fraction of sp³-hybridized carbons (Fsp3) is 0.0714. The van der Waals surface area contributed by atoms with Crippen LogP contribution in [0.5, 0.6) is 0 Å². The summed E-state index contributed by atoms with van der Waals surface area (Å²) in [7, 11) is 0. The Morgan fingerprint density at radius 2 is 2.09 bits per heavy atom. The molecule has 8 heteroatoms. The number of amides is 2. The second-order valence-corrected chi connectivity index (χ2v) is 4.38. The highest BCUT2D eigenvalue weighted by Gasteiger charge is 2.10. The maximum Gasteiger partial charge on any atom is 0.349 e. The largest absolute Gasteiger partial charge is 0.478 e. The van der Waals surface area contributed by atoms with Crippen LogP contribution in [0.1, 0.15) is 21.7 Å². The number of urea groups is 1. The molecular formula is C14H14N4O4. The minimum atomic E-state index is -0.980. The molecule has 1 aromatic carbocycles. The van der Waals surface area contributed by atoms with Gasteiger partial charge in [0.25, 0.3) is 0 Å². The van der Waals surface area contributed by atoms with Crippen LogP contribution in [-0.2, 0) is 0 Å². The Morgan fingerprint density at radius 3 is 2.73 bits per heavy atom. The van der Waals surface area contributed by atoms with E-state index in [1.54, 1.807) is 31.2 Å². The van der Waals surface area contributed by atoms with Crippen LogP contribution in [0, 0.1) is 6.92 Å². The molecule has 0 aliphatic heterocycles. The van der Waals surface area contributed by atoms with Crippen molar-refractivity contribution in [1.29, 1.82) is 0 Å². The standard InChI is InChI=1S/C14H14N4O4/c1-8-6-9(13(19)20)2-4-11(8)12-5-3-10(22-12)7-16-18-14(21)17-15/h2-7H,15H2,1H3,(H,19,20)(H2,17,18,21). The van der Waals surface area contributed by atoms with Gasteiger partial charge in [-0.25, -0.2) is 20.9 Å². The fourth-order valence-electron chi connectivity index (χ4n) is 1.83.